The number of likely N-dealkylation sites (N-methyl/N-ethyl adjacent to an activating group) is 1. The van der Waals surface area contributed by atoms with Crippen molar-refractivity contribution >= 4 is 12.1 Å². The monoisotopic (exact) mass is 327 g/mol. The van der Waals surface area contributed by atoms with Crippen molar-refractivity contribution in [1.82, 2.24) is 4.90 Å². The summed E-state index contributed by atoms with van der Waals surface area (Å²) < 4.78 is 10.1. The molecule has 5 nitrogen and oxygen atoms in total. The van der Waals surface area contributed by atoms with Gasteiger partial charge < -0.3 is 9.47 Å². The number of nitrogens with zero attached hydrogens (tertiary/aromatic N) is 1. The van der Waals surface area contributed by atoms with E-state index in [0.717, 1.165) is 12.8 Å². The summed E-state index contributed by atoms with van der Waals surface area (Å²) in [6, 6.07) is 0. The van der Waals surface area contributed by atoms with Gasteiger partial charge in [-0.2, -0.15) is 0 Å². The number of ether oxygens (including phenoxy) is 2. The Balaban J connectivity index is 3.64. The molecule has 134 valence electrons. The van der Waals surface area contributed by atoms with Gasteiger partial charge in [-0.15, -0.1) is 0 Å². The maximum Gasteiger partial charge on any atom is 0.410 e. The summed E-state index contributed by atoms with van der Waals surface area (Å²) in [5.41, 5.74) is 0. The standard InChI is InChI=1S/C18H33NO4/c1-4-7-8-9-10-11-12-13-15-22-17(20)16-19(6-3)18(21)23-14-5-2/h5H,2,4,6-16H2,1,3H3. The van der Waals surface area contributed by atoms with Gasteiger partial charge in [-0.05, 0) is 13.3 Å². The molecule has 0 fully saturated rings. The minimum Gasteiger partial charge on any atom is -0.464 e. The van der Waals surface area contributed by atoms with Gasteiger partial charge in [0, 0.05) is 6.54 Å². The molecular formula is C18H33NO4. The Bertz CT molecular complexity index is 331. The van der Waals surface area contributed by atoms with Crippen LogP contribution in [0.3, 0.4) is 0 Å². The zero-order chi connectivity index (χ0) is 17.3. The van der Waals surface area contributed by atoms with E-state index < -0.39 is 6.09 Å². The van der Waals surface area contributed by atoms with Crippen molar-refractivity contribution in [1.29, 1.82) is 0 Å². The molecule has 0 aliphatic rings. The average Bonchev–Trinajstić information content (AvgIpc) is 2.56. The number of hydrogen-bond donors (Lipinski definition) is 0. The van der Waals surface area contributed by atoms with Crippen LogP contribution in [0, 0.1) is 0 Å². The number of carbonyl (C=O) groups excluding carboxylic acids is 2. The van der Waals surface area contributed by atoms with Crippen LogP contribution in [-0.4, -0.2) is 43.3 Å². The second-order valence-electron chi connectivity index (χ2n) is 5.58. The van der Waals surface area contributed by atoms with E-state index in [1.165, 1.54) is 49.5 Å². The molecular weight excluding hydrogens is 294 g/mol. The fraction of sp³-hybridized carbons (Fsp3) is 0.778. The van der Waals surface area contributed by atoms with Gasteiger partial charge in [0.15, 0.2) is 0 Å². The van der Waals surface area contributed by atoms with Crippen molar-refractivity contribution in [3.05, 3.63) is 12.7 Å². The highest BCUT2D eigenvalue weighted by Gasteiger charge is 2.17. The van der Waals surface area contributed by atoms with Crippen LogP contribution in [0.15, 0.2) is 12.7 Å². The first-order chi connectivity index (χ1) is 11.2. The summed E-state index contributed by atoms with van der Waals surface area (Å²) in [6.45, 7) is 8.39. The third-order valence-electron chi connectivity index (χ3n) is 3.55. The minimum atomic E-state index is -0.517. The molecule has 0 unspecified atom stereocenters. The topological polar surface area (TPSA) is 55.8 Å². The fourth-order valence-corrected chi connectivity index (χ4v) is 2.15. The number of esters is 1. The summed E-state index contributed by atoms with van der Waals surface area (Å²) in [5.74, 6) is -0.384. The predicted molar refractivity (Wildman–Crippen MR) is 92.4 cm³/mol. The zero-order valence-corrected chi connectivity index (χ0v) is 14.8. The molecule has 0 atom stereocenters. The number of hydrogen-bond acceptors (Lipinski definition) is 4. The molecule has 0 aliphatic carbocycles. The molecule has 0 heterocycles. The molecule has 0 aromatic rings. The van der Waals surface area contributed by atoms with E-state index in [9.17, 15) is 9.59 Å². The summed E-state index contributed by atoms with van der Waals surface area (Å²) in [4.78, 5) is 24.7. The number of unbranched alkanes of at least 4 members (excludes halogenated alkanes) is 7. The Morgan fingerprint density at radius 3 is 2.13 bits per heavy atom. The first-order valence-corrected chi connectivity index (χ1v) is 8.83. The van der Waals surface area contributed by atoms with E-state index >= 15 is 0 Å². The summed E-state index contributed by atoms with van der Waals surface area (Å²) in [6.07, 6.45) is 10.6. The van der Waals surface area contributed by atoms with Crippen LogP contribution >= 0.6 is 0 Å². The lowest BCUT2D eigenvalue weighted by Crippen LogP contribution is -2.36. The summed E-state index contributed by atoms with van der Waals surface area (Å²) in [7, 11) is 0. The maximum atomic E-state index is 11.7. The van der Waals surface area contributed by atoms with Gasteiger partial charge in [0.1, 0.15) is 13.2 Å². The quantitative estimate of drug-likeness (QED) is 0.271. The second kappa shape index (κ2) is 15.4. The first-order valence-electron chi connectivity index (χ1n) is 8.83. The van der Waals surface area contributed by atoms with Crippen LogP contribution in [0.4, 0.5) is 4.79 Å². The van der Waals surface area contributed by atoms with E-state index in [2.05, 4.69) is 13.5 Å². The largest absolute Gasteiger partial charge is 0.464 e. The number of carbonyl (C=O) groups is 2. The fourth-order valence-electron chi connectivity index (χ4n) is 2.15. The Morgan fingerprint density at radius 1 is 0.957 bits per heavy atom. The van der Waals surface area contributed by atoms with Crippen molar-refractivity contribution in [3.63, 3.8) is 0 Å². The highest BCUT2D eigenvalue weighted by atomic mass is 16.6. The van der Waals surface area contributed by atoms with Gasteiger partial charge >= 0.3 is 12.1 Å². The molecule has 23 heavy (non-hydrogen) atoms. The van der Waals surface area contributed by atoms with Crippen LogP contribution < -0.4 is 0 Å². The molecule has 1 amide bonds. The summed E-state index contributed by atoms with van der Waals surface area (Å²) >= 11 is 0. The molecule has 0 spiro atoms. The molecule has 0 radical (unpaired) electrons. The molecule has 0 rings (SSSR count). The SMILES string of the molecule is C=CCOC(=O)N(CC)CC(=O)OCCCCCCCCCC. The molecule has 0 aromatic carbocycles. The van der Waals surface area contributed by atoms with Crippen LogP contribution in [-0.2, 0) is 14.3 Å². The van der Waals surface area contributed by atoms with Crippen LogP contribution in [0.5, 0.6) is 0 Å². The highest BCUT2D eigenvalue weighted by Crippen LogP contribution is 2.08. The van der Waals surface area contributed by atoms with Gasteiger partial charge in [-0.3, -0.25) is 9.69 Å². The van der Waals surface area contributed by atoms with Crippen LogP contribution in [0.1, 0.15) is 65.2 Å². The zero-order valence-electron chi connectivity index (χ0n) is 14.8. The first kappa shape index (κ1) is 21.5. The van der Waals surface area contributed by atoms with Gasteiger partial charge in [0.25, 0.3) is 0 Å². The van der Waals surface area contributed by atoms with Gasteiger partial charge in [-0.1, -0.05) is 64.5 Å². The summed E-state index contributed by atoms with van der Waals surface area (Å²) in [5, 5.41) is 0. The van der Waals surface area contributed by atoms with E-state index in [1.54, 1.807) is 6.92 Å². The lowest BCUT2D eigenvalue weighted by Gasteiger charge is -2.18. The van der Waals surface area contributed by atoms with Crippen LogP contribution in [0.25, 0.3) is 0 Å². The molecule has 0 N–H and O–H groups in total. The van der Waals surface area contributed by atoms with E-state index in [1.807, 2.05) is 0 Å². The molecule has 0 saturated carbocycles. The van der Waals surface area contributed by atoms with Gasteiger partial charge in [0.2, 0.25) is 0 Å². The van der Waals surface area contributed by atoms with Crippen molar-refractivity contribution in [2.75, 3.05) is 26.3 Å². The lowest BCUT2D eigenvalue weighted by atomic mass is 10.1. The van der Waals surface area contributed by atoms with Crippen molar-refractivity contribution in [2.45, 2.75) is 65.2 Å². The minimum absolute atomic E-state index is 0.0660. The molecule has 0 saturated heterocycles. The van der Waals surface area contributed by atoms with Crippen molar-refractivity contribution < 1.29 is 19.1 Å². The maximum absolute atomic E-state index is 11.7. The normalized spacial score (nSPS) is 10.2. The van der Waals surface area contributed by atoms with Gasteiger partial charge in [0.05, 0.1) is 6.61 Å². The lowest BCUT2D eigenvalue weighted by molar-refractivity contribution is -0.144. The molecule has 0 bridgehead atoms. The third kappa shape index (κ3) is 12.7. The van der Waals surface area contributed by atoms with Gasteiger partial charge in [-0.25, -0.2) is 4.79 Å². The Kier molecular flexibility index (Phi) is 14.4. The number of amides is 1. The Hall–Kier alpha value is -1.52. The average molecular weight is 327 g/mol. The molecule has 0 aromatic heterocycles. The Morgan fingerprint density at radius 2 is 1.57 bits per heavy atom. The van der Waals surface area contributed by atoms with E-state index in [-0.39, 0.29) is 19.1 Å². The van der Waals surface area contributed by atoms with Crippen LogP contribution in [0.2, 0.25) is 0 Å². The highest BCUT2D eigenvalue weighted by molar-refractivity contribution is 5.78. The van der Waals surface area contributed by atoms with E-state index in [4.69, 9.17) is 9.47 Å². The molecule has 0 aliphatic heterocycles. The third-order valence-corrected chi connectivity index (χ3v) is 3.55. The smallest absolute Gasteiger partial charge is 0.410 e. The van der Waals surface area contributed by atoms with Crippen molar-refractivity contribution in [3.8, 4) is 0 Å². The van der Waals surface area contributed by atoms with Crippen molar-refractivity contribution in [2.24, 2.45) is 0 Å². The second-order valence-corrected chi connectivity index (χ2v) is 5.58. The Labute approximate surface area is 141 Å². The number of rotatable bonds is 14. The predicted octanol–water partition coefficient (Wildman–Crippen LogP) is 4.31. The molecule has 5 heteroatoms. The van der Waals surface area contributed by atoms with E-state index in [0.29, 0.717) is 13.2 Å².